The lowest BCUT2D eigenvalue weighted by atomic mass is 10.4. The van der Waals surface area contributed by atoms with Gasteiger partial charge in [-0.05, 0) is 31.5 Å². The van der Waals surface area contributed by atoms with E-state index in [0.29, 0.717) is 6.02 Å². The number of ether oxygens (including phenoxy) is 1. The molecule has 0 aromatic carbocycles. The van der Waals surface area contributed by atoms with Crippen LogP contribution in [0.1, 0.15) is 13.8 Å². The monoisotopic (exact) mass is 252 g/mol. The molecule has 15 heavy (non-hydrogen) atoms. The van der Waals surface area contributed by atoms with Crippen LogP contribution in [0.25, 0.3) is 0 Å². The van der Waals surface area contributed by atoms with E-state index >= 15 is 0 Å². The first kappa shape index (κ1) is 12.9. The molecule has 1 fully saturated rings. The summed E-state index contributed by atoms with van der Waals surface area (Å²) in [5.74, 6) is 0. The van der Waals surface area contributed by atoms with Crippen molar-refractivity contribution in [2.24, 2.45) is 4.76 Å². The number of likely N-dealkylation sites (N-methyl/N-ethyl adjacent to an activating group) is 1. The van der Waals surface area contributed by atoms with Gasteiger partial charge < -0.3 is 14.2 Å². The lowest BCUT2D eigenvalue weighted by molar-refractivity contribution is 0.251. The van der Waals surface area contributed by atoms with Crippen LogP contribution in [-0.2, 0) is 13.8 Å². The van der Waals surface area contributed by atoms with E-state index in [0.717, 1.165) is 24.5 Å². The van der Waals surface area contributed by atoms with Crippen molar-refractivity contribution < 1.29 is 13.8 Å². The van der Waals surface area contributed by atoms with Crippen LogP contribution in [0, 0.1) is 0 Å². The largest absolute Gasteiger partial charge is 0.460 e. The van der Waals surface area contributed by atoms with E-state index in [2.05, 4.69) is 4.76 Å². The van der Waals surface area contributed by atoms with Gasteiger partial charge in [-0.25, -0.2) is 0 Å². The summed E-state index contributed by atoms with van der Waals surface area (Å²) in [5, 5.41) is 0. The molecule has 5 nitrogen and oxygen atoms in total. The molecule has 0 N–H and O–H groups in total. The predicted octanol–water partition coefficient (Wildman–Crippen LogP) is 2.20. The quantitative estimate of drug-likeness (QED) is 0.718. The average Bonchev–Trinajstić information content (AvgIpc) is 2.58. The first-order chi connectivity index (χ1) is 7.04. The molecular weight excluding hydrogens is 235 g/mol. The highest BCUT2D eigenvalue weighted by Crippen LogP contribution is 2.59. The topological polar surface area (TPSA) is 51.1 Å². The number of nitrogens with zero attached hydrogens (tertiary/aromatic N) is 2. The molecule has 0 saturated carbocycles. The van der Waals surface area contributed by atoms with Gasteiger partial charge in [0.2, 0.25) is 0 Å². The van der Waals surface area contributed by atoms with Gasteiger partial charge in [0.15, 0.2) is 0 Å². The van der Waals surface area contributed by atoms with Crippen LogP contribution in [0.5, 0.6) is 0 Å². The van der Waals surface area contributed by atoms with Crippen molar-refractivity contribution in [3.63, 3.8) is 0 Å². The first-order valence-electron chi connectivity index (χ1n) is 4.78. The molecule has 1 aliphatic rings. The molecule has 1 saturated heterocycles. The molecule has 1 heterocycles. The Morgan fingerprint density at radius 1 is 1.80 bits per heavy atom. The maximum absolute atomic E-state index is 11.9. The Bertz CT molecular complexity index is 290. The molecule has 88 valence electrons. The van der Waals surface area contributed by atoms with Gasteiger partial charge in [0.25, 0.3) is 6.02 Å². The van der Waals surface area contributed by atoms with E-state index in [1.807, 2.05) is 18.7 Å². The lowest BCUT2D eigenvalue weighted by Crippen LogP contribution is -2.25. The molecular formula is C8H17N2O3PS. The molecule has 0 radical (unpaired) electrons. The summed E-state index contributed by atoms with van der Waals surface area (Å²) in [4.78, 5) is 1.95. The summed E-state index contributed by atoms with van der Waals surface area (Å²) >= 11 is 1.11. The van der Waals surface area contributed by atoms with E-state index in [1.165, 1.54) is 7.11 Å². The first-order valence-corrected chi connectivity index (χ1v) is 8.18. The number of hydrogen-bond acceptors (Lipinski definition) is 4. The van der Waals surface area contributed by atoms with Crippen LogP contribution in [0.2, 0.25) is 0 Å². The summed E-state index contributed by atoms with van der Waals surface area (Å²) in [7, 11) is 1.40. The molecule has 2 atom stereocenters. The number of hydrogen-bond donors (Lipinski definition) is 0. The zero-order valence-corrected chi connectivity index (χ0v) is 11.2. The Labute approximate surface area is 94.5 Å². The molecule has 1 rings (SSSR count). The van der Waals surface area contributed by atoms with Crippen molar-refractivity contribution in [2.75, 3.05) is 26.5 Å². The van der Waals surface area contributed by atoms with Gasteiger partial charge >= 0.3 is 6.72 Å². The van der Waals surface area contributed by atoms with E-state index < -0.39 is 6.72 Å². The Morgan fingerprint density at radius 2 is 2.47 bits per heavy atom. The average molecular weight is 252 g/mol. The van der Waals surface area contributed by atoms with E-state index in [1.54, 1.807) is 6.26 Å². The Hall–Kier alpha value is -0.190. The van der Waals surface area contributed by atoms with Gasteiger partial charge in [-0.1, -0.05) is 0 Å². The van der Waals surface area contributed by atoms with Crippen LogP contribution in [0.15, 0.2) is 4.76 Å². The third-order valence-corrected chi connectivity index (χ3v) is 5.52. The Balaban J connectivity index is 2.86. The minimum Gasteiger partial charge on any atom is -0.460 e. The summed E-state index contributed by atoms with van der Waals surface area (Å²) < 4.78 is 26.4. The Kier molecular flexibility index (Phi) is 4.49. The second-order valence-electron chi connectivity index (χ2n) is 3.18. The van der Waals surface area contributed by atoms with Crippen LogP contribution in [-0.4, -0.2) is 43.5 Å². The number of amidine groups is 1. The van der Waals surface area contributed by atoms with E-state index in [4.69, 9.17) is 9.26 Å². The number of rotatable bonds is 4. The molecule has 0 aliphatic carbocycles. The fourth-order valence-electron chi connectivity index (χ4n) is 1.29. The van der Waals surface area contributed by atoms with Gasteiger partial charge in [-0.2, -0.15) is 0 Å². The predicted molar refractivity (Wildman–Crippen MR) is 63.4 cm³/mol. The van der Waals surface area contributed by atoms with Gasteiger partial charge in [0.1, 0.15) is 6.10 Å². The molecule has 1 aliphatic heterocycles. The summed E-state index contributed by atoms with van der Waals surface area (Å²) in [6.07, 6.45) is 1.80. The molecule has 0 aromatic rings. The maximum atomic E-state index is 11.9. The van der Waals surface area contributed by atoms with Gasteiger partial charge in [0.05, 0.1) is 6.54 Å². The minimum atomic E-state index is -2.97. The second-order valence-corrected chi connectivity index (χ2v) is 7.53. The normalized spacial score (nSPS) is 27.9. The van der Waals surface area contributed by atoms with E-state index in [9.17, 15) is 4.57 Å². The van der Waals surface area contributed by atoms with Crippen molar-refractivity contribution >= 4 is 24.1 Å². The van der Waals surface area contributed by atoms with Crippen molar-refractivity contribution in [3.8, 4) is 0 Å². The highest BCUT2D eigenvalue weighted by atomic mass is 32.7. The van der Waals surface area contributed by atoms with E-state index in [-0.39, 0.29) is 6.10 Å². The fourth-order valence-corrected chi connectivity index (χ4v) is 2.89. The maximum Gasteiger partial charge on any atom is 0.375 e. The summed E-state index contributed by atoms with van der Waals surface area (Å²) in [6, 6.07) is 0.435. The molecule has 0 bridgehead atoms. The molecule has 0 amide bonds. The summed E-state index contributed by atoms with van der Waals surface area (Å²) in [5.41, 5.74) is 0. The SMILES string of the molecule is CCN1CC(C)O/C1=N\P(=O)(OC)SC. The second kappa shape index (κ2) is 5.23. The van der Waals surface area contributed by atoms with Gasteiger partial charge in [0, 0.05) is 13.7 Å². The zero-order valence-electron chi connectivity index (χ0n) is 9.47. The van der Waals surface area contributed by atoms with Crippen molar-refractivity contribution in [2.45, 2.75) is 20.0 Å². The van der Waals surface area contributed by atoms with Gasteiger partial charge in [-0.3, -0.25) is 4.57 Å². The lowest BCUT2D eigenvalue weighted by Gasteiger charge is -2.14. The van der Waals surface area contributed by atoms with Crippen LogP contribution in [0.4, 0.5) is 0 Å². The van der Waals surface area contributed by atoms with Crippen molar-refractivity contribution in [1.29, 1.82) is 0 Å². The third kappa shape index (κ3) is 3.13. The van der Waals surface area contributed by atoms with Crippen molar-refractivity contribution in [1.82, 2.24) is 4.90 Å². The molecule has 2 unspecified atom stereocenters. The minimum absolute atomic E-state index is 0.0934. The van der Waals surface area contributed by atoms with Gasteiger partial charge in [-0.15, -0.1) is 4.76 Å². The third-order valence-electron chi connectivity index (χ3n) is 2.11. The summed E-state index contributed by atoms with van der Waals surface area (Å²) in [6.45, 7) is 2.58. The Morgan fingerprint density at radius 3 is 2.93 bits per heavy atom. The fraction of sp³-hybridized carbons (Fsp3) is 0.875. The highest BCUT2D eigenvalue weighted by molar-refractivity contribution is 8.55. The van der Waals surface area contributed by atoms with Crippen LogP contribution < -0.4 is 0 Å². The zero-order chi connectivity index (χ0) is 11.5. The molecule has 7 heteroatoms. The van der Waals surface area contributed by atoms with Crippen LogP contribution >= 0.6 is 18.1 Å². The molecule has 0 aromatic heterocycles. The smallest absolute Gasteiger partial charge is 0.375 e. The van der Waals surface area contributed by atoms with Crippen molar-refractivity contribution in [3.05, 3.63) is 0 Å². The standard InChI is InChI=1S/C8H17N2O3PS/c1-5-10-6-7(2)13-8(10)9-14(11,12-3)15-4/h7H,5-6H2,1-4H3/b9-8-. The van der Waals surface area contributed by atoms with Crippen LogP contribution in [0.3, 0.4) is 0 Å². The molecule has 0 spiro atoms. The highest BCUT2D eigenvalue weighted by Gasteiger charge is 2.29.